The largest absolute Gasteiger partial charge is 0.495 e. The summed E-state index contributed by atoms with van der Waals surface area (Å²) in [6.45, 7) is 2.54. The molecule has 2 fully saturated rings. The van der Waals surface area contributed by atoms with Gasteiger partial charge >= 0.3 is 0 Å². The molecule has 6 nitrogen and oxygen atoms in total. The van der Waals surface area contributed by atoms with Gasteiger partial charge in [0.1, 0.15) is 11.5 Å². The van der Waals surface area contributed by atoms with Crippen LogP contribution < -0.4 is 19.1 Å². The monoisotopic (exact) mass is 430 g/mol. The maximum atomic E-state index is 12.6. The second kappa shape index (κ2) is 8.74. The lowest BCUT2D eigenvalue weighted by Gasteiger charge is -2.48. The third kappa shape index (κ3) is 3.94. The highest BCUT2D eigenvalue weighted by molar-refractivity contribution is 6.32. The molecule has 0 saturated carbocycles. The molecule has 2 aliphatic rings. The zero-order valence-electron chi connectivity index (χ0n) is 17.6. The highest BCUT2D eigenvalue weighted by atomic mass is 35.5. The Kier molecular flexibility index (Phi) is 6.06. The predicted octanol–water partition coefficient (Wildman–Crippen LogP) is 3.96. The van der Waals surface area contributed by atoms with Crippen molar-refractivity contribution in [3.8, 4) is 17.2 Å². The first-order chi connectivity index (χ1) is 14.5. The Morgan fingerprint density at radius 2 is 1.67 bits per heavy atom. The van der Waals surface area contributed by atoms with Crippen molar-refractivity contribution in [2.24, 2.45) is 0 Å². The maximum absolute atomic E-state index is 12.6. The summed E-state index contributed by atoms with van der Waals surface area (Å²) in [5.74, 6) is 2.35. The molecule has 0 radical (unpaired) electrons. The van der Waals surface area contributed by atoms with Gasteiger partial charge in [0.05, 0.1) is 26.4 Å². The number of nitrogens with zero attached hydrogens (tertiary/aromatic N) is 2. The van der Waals surface area contributed by atoms with Gasteiger partial charge in [-0.05, 0) is 29.8 Å². The van der Waals surface area contributed by atoms with Crippen LogP contribution in [-0.2, 0) is 4.79 Å². The molecule has 1 unspecified atom stereocenters. The van der Waals surface area contributed by atoms with Gasteiger partial charge in [0, 0.05) is 56.3 Å². The Balaban J connectivity index is 1.57. The number of benzene rings is 2. The number of ether oxygens (including phenoxy) is 3. The Bertz CT molecular complexity index is 935. The molecule has 0 N–H and O–H groups in total. The number of piperidine rings is 1. The van der Waals surface area contributed by atoms with Crippen LogP contribution in [0.2, 0.25) is 5.02 Å². The highest BCUT2D eigenvalue weighted by Gasteiger charge is 2.39. The molecule has 2 aromatic rings. The summed E-state index contributed by atoms with van der Waals surface area (Å²) in [6, 6.07) is 12.0. The number of fused-ring (bicyclic) bond motifs is 1. The van der Waals surface area contributed by atoms with E-state index in [1.165, 1.54) is 0 Å². The minimum absolute atomic E-state index is 0.0537. The molecule has 160 valence electrons. The van der Waals surface area contributed by atoms with Crippen LogP contribution >= 0.6 is 11.6 Å². The number of piperazine rings is 1. The van der Waals surface area contributed by atoms with Crippen LogP contribution in [-0.4, -0.2) is 57.7 Å². The lowest BCUT2D eigenvalue weighted by Crippen LogP contribution is -2.57. The molecule has 30 heavy (non-hydrogen) atoms. The van der Waals surface area contributed by atoms with Crippen LogP contribution in [0.3, 0.4) is 0 Å². The second-order valence-electron chi connectivity index (χ2n) is 7.73. The van der Waals surface area contributed by atoms with Crippen molar-refractivity contribution in [1.82, 2.24) is 4.90 Å². The molecular formula is C23H27ClN2O4. The molecular weight excluding hydrogens is 404 g/mol. The number of halogens is 1. The molecule has 0 aliphatic carbocycles. The topological polar surface area (TPSA) is 51.2 Å². The van der Waals surface area contributed by atoms with Crippen LogP contribution in [0.25, 0.3) is 0 Å². The average Bonchev–Trinajstić information content (AvgIpc) is 2.77. The van der Waals surface area contributed by atoms with Gasteiger partial charge in [0.25, 0.3) is 0 Å². The van der Waals surface area contributed by atoms with Crippen LogP contribution in [0.4, 0.5) is 5.69 Å². The zero-order chi connectivity index (χ0) is 21.3. The highest BCUT2D eigenvalue weighted by Crippen LogP contribution is 2.39. The van der Waals surface area contributed by atoms with E-state index >= 15 is 0 Å². The maximum Gasteiger partial charge on any atom is 0.161 e. The van der Waals surface area contributed by atoms with Crippen LogP contribution in [0.1, 0.15) is 24.4 Å². The third-order valence-corrected chi connectivity index (χ3v) is 6.42. The van der Waals surface area contributed by atoms with Crippen molar-refractivity contribution in [3.05, 3.63) is 47.0 Å². The second-order valence-corrected chi connectivity index (χ2v) is 8.14. The van der Waals surface area contributed by atoms with E-state index in [1.54, 1.807) is 21.3 Å². The van der Waals surface area contributed by atoms with E-state index in [2.05, 4.69) is 9.80 Å². The summed E-state index contributed by atoms with van der Waals surface area (Å²) < 4.78 is 16.2. The van der Waals surface area contributed by atoms with Gasteiger partial charge in [0.2, 0.25) is 0 Å². The van der Waals surface area contributed by atoms with Gasteiger partial charge < -0.3 is 19.1 Å². The first-order valence-corrected chi connectivity index (χ1v) is 10.5. The Morgan fingerprint density at radius 3 is 2.40 bits per heavy atom. The smallest absolute Gasteiger partial charge is 0.161 e. The van der Waals surface area contributed by atoms with Gasteiger partial charge in [-0.2, -0.15) is 0 Å². The number of rotatable bonds is 5. The van der Waals surface area contributed by atoms with Crippen LogP contribution in [0.15, 0.2) is 36.4 Å². The number of carbonyl (C=O) groups is 1. The first kappa shape index (κ1) is 20.8. The van der Waals surface area contributed by atoms with Gasteiger partial charge in [-0.25, -0.2) is 0 Å². The van der Waals surface area contributed by atoms with Crippen molar-refractivity contribution >= 4 is 23.1 Å². The van der Waals surface area contributed by atoms with Crippen molar-refractivity contribution in [1.29, 1.82) is 0 Å². The average molecular weight is 431 g/mol. The number of ketones is 1. The summed E-state index contributed by atoms with van der Waals surface area (Å²) in [7, 11) is 4.88. The minimum atomic E-state index is 0.0537. The molecule has 4 rings (SSSR count). The summed E-state index contributed by atoms with van der Waals surface area (Å²) in [5.41, 5.74) is 2.16. The molecule has 0 aromatic heterocycles. The molecule has 2 heterocycles. The normalized spacial score (nSPS) is 21.9. The molecule has 2 saturated heterocycles. The lowest BCUT2D eigenvalue weighted by molar-refractivity contribution is -0.125. The van der Waals surface area contributed by atoms with E-state index < -0.39 is 0 Å². The fourth-order valence-corrected chi connectivity index (χ4v) is 4.78. The van der Waals surface area contributed by atoms with E-state index in [4.69, 9.17) is 25.8 Å². The summed E-state index contributed by atoms with van der Waals surface area (Å²) in [5, 5.41) is 0.598. The van der Waals surface area contributed by atoms with Crippen molar-refractivity contribution < 1.29 is 19.0 Å². The third-order valence-electron chi connectivity index (χ3n) is 6.11. The molecule has 2 aromatic carbocycles. The number of methoxy groups -OCH3 is 3. The van der Waals surface area contributed by atoms with Crippen molar-refractivity contribution in [2.45, 2.75) is 24.9 Å². The predicted molar refractivity (Wildman–Crippen MR) is 117 cm³/mol. The van der Waals surface area contributed by atoms with E-state index in [-0.39, 0.29) is 12.1 Å². The molecule has 7 heteroatoms. The molecule has 0 bridgehead atoms. The number of Topliss-reactive ketones (excluding diaryl/α,β-unsaturated/α-hetero) is 1. The van der Waals surface area contributed by atoms with E-state index in [0.29, 0.717) is 40.9 Å². The number of hydrogen-bond donors (Lipinski definition) is 0. The van der Waals surface area contributed by atoms with E-state index in [1.807, 2.05) is 36.4 Å². The molecule has 0 spiro atoms. The fourth-order valence-electron chi connectivity index (χ4n) is 4.59. The standard InChI is InChI=1S/C23H27ClN2O4/c1-28-21-7-4-15(10-23(21)30-3)20-13-18(27)11-17-14-25(8-9-26(17)20)16-5-6-19(24)22(12-16)29-2/h4-7,10,12,17,20H,8-9,11,13-14H2,1-3H3/t17?,20-/m1/s1. The number of hydrogen-bond acceptors (Lipinski definition) is 6. The molecule has 0 amide bonds. The zero-order valence-corrected chi connectivity index (χ0v) is 18.3. The lowest BCUT2D eigenvalue weighted by atomic mass is 9.88. The van der Waals surface area contributed by atoms with Crippen molar-refractivity contribution in [2.75, 3.05) is 45.9 Å². The van der Waals surface area contributed by atoms with Gasteiger partial charge in [-0.1, -0.05) is 17.7 Å². The number of carbonyl (C=O) groups excluding carboxylic acids is 1. The Morgan fingerprint density at radius 1 is 0.900 bits per heavy atom. The van der Waals surface area contributed by atoms with Gasteiger partial charge in [-0.3, -0.25) is 9.69 Å². The van der Waals surface area contributed by atoms with E-state index in [9.17, 15) is 4.79 Å². The van der Waals surface area contributed by atoms with Crippen LogP contribution in [0, 0.1) is 0 Å². The Labute approximate surface area is 182 Å². The SMILES string of the molecule is COc1cc(N2CCN3C(CC(=O)C[C@@H]3c3ccc(OC)c(OC)c3)C2)ccc1Cl. The summed E-state index contributed by atoms with van der Waals surface area (Å²) in [4.78, 5) is 17.4. The Hall–Kier alpha value is -2.44. The first-order valence-electron chi connectivity index (χ1n) is 10.1. The number of anilines is 1. The quantitative estimate of drug-likeness (QED) is 0.715. The van der Waals surface area contributed by atoms with E-state index in [0.717, 1.165) is 30.9 Å². The fraction of sp³-hybridized carbons (Fsp3) is 0.435. The van der Waals surface area contributed by atoms with Gasteiger partial charge in [-0.15, -0.1) is 0 Å². The van der Waals surface area contributed by atoms with Gasteiger partial charge in [0.15, 0.2) is 11.5 Å². The summed E-state index contributed by atoms with van der Waals surface area (Å²) >= 11 is 6.18. The summed E-state index contributed by atoms with van der Waals surface area (Å²) in [6.07, 6.45) is 1.10. The molecule has 2 aliphatic heterocycles. The minimum Gasteiger partial charge on any atom is -0.495 e. The van der Waals surface area contributed by atoms with Crippen molar-refractivity contribution in [3.63, 3.8) is 0 Å². The molecule has 2 atom stereocenters. The van der Waals surface area contributed by atoms with Crippen LogP contribution in [0.5, 0.6) is 17.2 Å².